The minimum atomic E-state index is -1.06. The molecule has 1 aromatic rings. The van der Waals surface area contributed by atoms with Crippen molar-refractivity contribution in [3.05, 3.63) is 24.3 Å². The van der Waals surface area contributed by atoms with E-state index in [-0.39, 0.29) is 6.61 Å². The molecule has 1 atom stereocenters. The molecule has 1 aromatic carbocycles. The molecule has 5 heteroatoms. The average Bonchev–Trinajstić information content (AvgIpc) is 2.29. The third-order valence-electron chi connectivity index (χ3n) is 1.93. The molecule has 0 fully saturated rings. The second-order valence-electron chi connectivity index (χ2n) is 3.08. The first-order chi connectivity index (χ1) is 7.67. The van der Waals surface area contributed by atoms with Crippen molar-refractivity contribution in [2.45, 2.75) is 6.10 Å². The van der Waals surface area contributed by atoms with Crippen LogP contribution in [0.25, 0.3) is 0 Å². The van der Waals surface area contributed by atoms with Gasteiger partial charge in [0.15, 0.2) is 0 Å². The topological polar surface area (TPSA) is 65.0 Å². The summed E-state index contributed by atoms with van der Waals surface area (Å²) in [5.41, 5.74) is 0. The molecule has 5 nitrogen and oxygen atoms in total. The third-order valence-corrected chi connectivity index (χ3v) is 1.93. The SMILES string of the molecule is COCC(Oc1ccc(OC)cc1)C(=O)O. The number of methoxy groups -OCH3 is 2. The standard InChI is InChI=1S/C11H14O5/c1-14-7-10(11(12)13)16-9-5-3-8(15-2)4-6-9/h3-6,10H,7H2,1-2H3,(H,12,13). The van der Waals surface area contributed by atoms with E-state index in [1.165, 1.54) is 7.11 Å². The van der Waals surface area contributed by atoms with Crippen molar-refractivity contribution in [3.63, 3.8) is 0 Å². The van der Waals surface area contributed by atoms with Crippen LogP contribution in [0.4, 0.5) is 0 Å². The first kappa shape index (κ1) is 12.3. The van der Waals surface area contributed by atoms with E-state index in [1.54, 1.807) is 31.4 Å². The lowest BCUT2D eigenvalue weighted by Gasteiger charge is -2.14. The molecule has 0 radical (unpaired) electrons. The fourth-order valence-electron chi connectivity index (χ4n) is 1.13. The third kappa shape index (κ3) is 3.43. The Hall–Kier alpha value is -1.75. The summed E-state index contributed by atoms with van der Waals surface area (Å²) in [6.45, 7) is 0.00135. The van der Waals surface area contributed by atoms with Gasteiger partial charge in [-0.3, -0.25) is 0 Å². The maximum atomic E-state index is 10.8. The molecular weight excluding hydrogens is 212 g/mol. The predicted octanol–water partition coefficient (Wildman–Crippen LogP) is 1.17. The highest BCUT2D eigenvalue weighted by atomic mass is 16.5. The van der Waals surface area contributed by atoms with Crippen LogP contribution in [0.1, 0.15) is 0 Å². The summed E-state index contributed by atoms with van der Waals surface area (Å²) < 4.78 is 15.0. The Morgan fingerprint density at radius 3 is 2.25 bits per heavy atom. The van der Waals surface area contributed by atoms with Crippen molar-refractivity contribution in [2.24, 2.45) is 0 Å². The Kier molecular flexibility index (Phi) is 4.60. The van der Waals surface area contributed by atoms with E-state index >= 15 is 0 Å². The molecule has 0 saturated carbocycles. The van der Waals surface area contributed by atoms with Gasteiger partial charge in [-0.05, 0) is 24.3 Å². The van der Waals surface area contributed by atoms with Gasteiger partial charge in [-0.25, -0.2) is 4.79 Å². The monoisotopic (exact) mass is 226 g/mol. The van der Waals surface area contributed by atoms with Crippen molar-refractivity contribution in [2.75, 3.05) is 20.8 Å². The van der Waals surface area contributed by atoms with Gasteiger partial charge in [-0.1, -0.05) is 0 Å². The van der Waals surface area contributed by atoms with E-state index in [0.29, 0.717) is 11.5 Å². The van der Waals surface area contributed by atoms with Gasteiger partial charge in [0.2, 0.25) is 6.10 Å². The van der Waals surface area contributed by atoms with Gasteiger partial charge >= 0.3 is 5.97 Å². The number of aliphatic carboxylic acids is 1. The molecule has 0 spiro atoms. The van der Waals surface area contributed by atoms with Crippen molar-refractivity contribution >= 4 is 5.97 Å². The molecule has 88 valence electrons. The Bertz CT molecular complexity index is 333. The molecule has 0 aromatic heterocycles. The summed E-state index contributed by atoms with van der Waals surface area (Å²) in [5.74, 6) is 0.0916. The first-order valence-corrected chi connectivity index (χ1v) is 4.70. The van der Waals surface area contributed by atoms with Crippen LogP contribution in [0.2, 0.25) is 0 Å². The number of benzene rings is 1. The molecule has 0 aliphatic heterocycles. The summed E-state index contributed by atoms with van der Waals surface area (Å²) in [6, 6.07) is 6.68. The summed E-state index contributed by atoms with van der Waals surface area (Å²) >= 11 is 0. The Morgan fingerprint density at radius 2 is 1.81 bits per heavy atom. The maximum absolute atomic E-state index is 10.8. The number of carboxylic acid groups (broad SMARTS) is 1. The van der Waals surface area contributed by atoms with Crippen LogP contribution >= 0.6 is 0 Å². The van der Waals surface area contributed by atoms with Crippen LogP contribution in [0.5, 0.6) is 11.5 Å². The lowest BCUT2D eigenvalue weighted by atomic mass is 10.3. The molecule has 0 heterocycles. The van der Waals surface area contributed by atoms with Crippen molar-refractivity contribution < 1.29 is 24.1 Å². The van der Waals surface area contributed by atoms with Crippen LogP contribution in [-0.4, -0.2) is 38.0 Å². The lowest BCUT2D eigenvalue weighted by Crippen LogP contribution is -2.31. The van der Waals surface area contributed by atoms with Crippen molar-refractivity contribution in [1.29, 1.82) is 0 Å². The van der Waals surface area contributed by atoms with E-state index in [0.717, 1.165) is 0 Å². The largest absolute Gasteiger partial charge is 0.497 e. The van der Waals surface area contributed by atoms with E-state index in [1.807, 2.05) is 0 Å². The zero-order chi connectivity index (χ0) is 12.0. The van der Waals surface area contributed by atoms with E-state index in [9.17, 15) is 4.79 Å². The quantitative estimate of drug-likeness (QED) is 0.788. The second-order valence-corrected chi connectivity index (χ2v) is 3.08. The van der Waals surface area contributed by atoms with Gasteiger partial charge in [0.05, 0.1) is 13.7 Å². The number of ether oxygens (including phenoxy) is 3. The van der Waals surface area contributed by atoms with E-state index in [2.05, 4.69) is 0 Å². The zero-order valence-corrected chi connectivity index (χ0v) is 9.17. The number of carboxylic acids is 1. The average molecular weight is 226 g/mol. The molecule has 1 unspecified atom stereocenters. The summed E-state index contributed by atoms with van der Waals surface area (Å²) in [5, 5.41) is 8.84. The molecule has 0 aliphatic rings. The van der Waals surface area contributed by atoms with Crippen LogP contribution in [0.3, 0.4) is 0 Å². The van der Waals surface area contributed by atoms with Gasteiger partial charge in [-0.15, -0.1) is 0 Å². The zero-order valence-electron chi connectivity index (χ0n) is 9.17. The summed E-state index contributed by atoms with van der Waals surface area (Å²) in [6.07, 6.45) is -1.00. The molecule has 1 rings (SSSR count). The number of hydrogen-bond acceptors (Lipinski definition) is 4. The van der Waals surface area contributed by atoms with Crippen molar-refractivity contribution in [1.82, 2.24) is 0 Å². The van der Waals surface area contributed by atoms with Crippen LogP contribution in [0, 0.1) is 0 Å². The molecule has 16 heavy (non-hydrogen) atoms. The highest BCUT2D eigenvalue weighted by molar-refractivity contribution is 5.72. The minimum absolute atomic E-state index is 0.00135. The second kappa shape index (κ2) is 5.97. The van der Waals surface area contributed by atoms with Gasteiger partial charge < -0.3 is 19.3 Å². The molecule has 1 N–H and O–H groups in total. The number of carbonyl (C=O) groups is 1. The van der Waals surface area contributed by atoms with Gasteiger partial charge in [-0.2, -0.15) is 0 Å². The first-order valence-electron chi connectivity index (χ1n) is 4.70. The molecule has 0 amide bonds. The van der Waals surface area contributed by atoms with Gasteiger partial charge in [0.1, 0.15) is 11.5 Å². The van der Waals surface area contributed by atoms with E-state index in [4.69, 9.17) is 19.3 Å². The Labute approximate surface area is 93.6 Å². The van der Waals surface area contributed by atoms with E-state index < -0.39 is 12.1 Å². The Balaban J connectivity index is 2.65. The predicted molar refractivity (Wildman–Crippen MR) is 56.9 cm³/mol. The normalized spacial score (nSPS) is 11.9. The fraction of sp³-hybridized carbons (Fsp3) is 0.364. The minimum Gasteiger partial charge on any atom is -0.497 e. The number of hydrogen-bond donors (Lipinski definition) is 1. The number of rotatable bonds is 6. The highest BCUT2D eigenvalue weighted by Crippen LogP contribution is 2.18. The van der Waals surface area contributed by atoms with Crippen molar-refractivity contribution in [3.8, 4) is 11.5 Å². The van der Waals surface area contributed by atoms with Crippen LogP contribution in [-0.2, 0) is 9.53 Å². The maximum Gasteiger partial charge on any atom is 0.347 e. The smallest absolute Gasteiger partial charge is 0.347 e. The highest BCUT2D eigenvalue weighted by Gasteiger charge is 2.18. The molecule has 0 aliphatic carbocycles. The summed E-state index contributed by atoms with van der Waals surface area (Å²) in [7, 11) is 2.98. The van der Waals surface area contributed by atoms with Gasteiger partial charge in [0.25, 0.3) is 0 Å². The lowest BCUT2D eigenvalue weighted by molar-refractivity contribution is -0.147. The summed E-state index contributed by atoms with van der Waals surface area (Å²) in [4.78, 5) is 10.8. The fourth-order valence-corrected chi connectivity index (χ4v) is 1.13. The van der Waals surface area contributed by atoms with Crippen LogP contribution < -0.4 is 9.47 Å². The molecule has 0 saturated heterocycles. The molecular formula is C11H14O5. The van der Waals surface area contributed by atoms with Crippen LogP contribution in [0.15, 0.2) is 24.3 Å². The molecule has 0 bridgehead atoms. The van der Waals surface area contributed by atoms with Gasteiger partial charge in [0, 0.05) is 7.11 Å². The Morgan fingerprint density at radius 1 is 1.25 bits per heavy atom.